The summed E-state index contributed by atoms with van der Waals surface area (Å²) in [4.78, 5) is 14.2. The van der Waals surface area contributed by atoms with E-state index >= 15 is 0 Å². The number of hydrogen-bond acceptors (Lipinski definition) is 3. The van der Waals surface area contributed by atoms with Gasteiger partial charge in [0, 0.05) is 43.9 Å². The molecular weight excluding hydrogens is 300 g/mol. The van der Waals surface area contributed by atoms with Crippen LogP contribution in [-0.2, 0) is 6.54 Å². The van der Waals surface area contributed by atoms with Crippen molar-refractivity contribution in [3.63, 3.8) is 0 Å². The molecule has 0 bridgehead atoms. The number of urea groups is 1. The van der Waals surface area contributed by atoms with Crippen LogP contribution in [0, 0.1) is 0 Å². The predicted molar refractivity (Wildman–Crippen MR) is 97.0 cm³/mol. The van der Waals surface area contributed by atoms with Gasteiger partial charge in [0.05, 0.1) is 0 Å². The molecule has 1 heterocycles. The molecule has 0 radical (unpaired) electrons. The number of para-hydroxylation sites is 1. The molecule has 3 rings (SSSR count). The first-order valence-electron chi connectivity index (χ1n) is 8.23. The maximum Gasteiger partial charge on any atom is 0.339 e. The van der Waals surface area contributed by atoms with Gasteiger partial charge in [-0.3, -0.25) is 4.90 Å². The number of carbonyl (C=O) groups is 1. The summed E-state index contributed by atoms with van der Waals surface area (Å²) in [5.41, 5.74) is 5.72. The molecule has 5 nitrogen and oxygen atoms in total. The van der Waals surface area contributed by atoms with Crippen molar-refractivity contribution in [3.8, 4) is 0 Å². The van der Waals surface area contributed by atoms with Crippen molar-refractivity contribution in [3.05, 3.63) is 66.2 Å². The highest BCUT2D eigenvalue weighted by atomic mass is 16.2. The number of amides is 2. The van der Waals surface area contributed by atoms with Crippen molar-refractivity contribution in [1.82, 2.24) is 10.3 Å². The Labute approximate surface area is 142 Å². The van der Waals surface area contributed by atoms with E-state index in [1.807, 2.05) is 36.4 Å². The van der Waals surface area contributed by atoms with E-state index in [4.69, 9.17) is 0 Å². The molecule has 0 atom stereocenters. The Kier molecular flexibility index (Phi) is 5.58. The number of hydrazone groups is 1. The summed E-state index contributed by atoms with van der Waals surface area (Å²) in [6.45, 7) is 2.90. The minimum atomic E-state index is -0.305. The second kappa shape index (κ2) is 8.26. The summed E-state index contributed by atoms with van der Waals surface area (Å²) >= 11 is 0. The van der Waals surface area contributed by atoms with Crippen LogP contribution in [0.5, 0.6) is 0 Å². The van der Waals surface area contributed by atoms with Crippen LogP contribution < -0.4 is 10.7 Å². The predicted octanol–water partition coefficient (Wildman–Crippen LogP) is 3.46. The van der Waals surface area contributed by atoms with Crippen LogP contribution in [0.2, 0.25) is 0 Å². The molecule has 5 heteroatoms. The molecular formula is C19H22N4O. The highest BCUT2D eigenvalue weighted by Gasteiger charge is 2.15. The van der Waals surface area contributed by atoms with Gasteiger partial charge in [-0.15, -0.1) is 0 Å². The lowest BCUT2D eigenvalue weighted by Crippen LogP contribution is -2.35. The lowest BCUT2D eigenvalue weighted by Gasteiger charge is -2.27. The summed E-state index contributed by atoms with van der Waals surface area (Å²) in [5.74, 6) is 0. The Hall–Kier alpha value is -2.66. The minimum absolute atomic E-state index is 0.305. The van der Waals surface area contributed by atoms with Crippen LogP contribution in [-0.4, -0.2) is 29.7 Å². The number of carbonyl (C=O) groups excluding carboxylic acids is 1. The smallest absolute Gasteiger partial charge is 0.307 e. The zero-order valence-electron chi connectivity index (χ0n) is 13.6. The molecule has 1 saturated heterocycles. The quantitative estimate of drug-likeness (QED) is 0.847. The number of likely N-dealkylation sites (tertiary alicyclic amines) is 1. The van der Waals surface area contributed by atoms with Gasteiger partial charge in [0.25, 0.3) is 0 Å². The minimum Gasteiger partial charge on any atom is -0.307 e. The number of hydrogen-bond donors (Lipinski definition) is 2. The highest BCUT2D eigenvalue weighted by molar-refractivity contribution is 5.91. The van der Waals surface area contributed by atoms with Crippen molar-refractivity contribution >= 4 is 17.4 Å². The molecule has 2 aromatic carbocycles. The van der Waals surface area contributed by atoms with Crippen LogP contribution in [0.15, 0.2) is 65.8 Å². The summed E-state index contributed by atoms with van der Waals surface area (Å²) in [5, 5.41) is 7.00. The van der Waals surface area contributed by atoms with Crippen LogP contribution in [0.4, 0.5) is 10.5 Å². The zero-order chi connectivity index (χ0) is 16.6. The molecule has 1 fully saturated rings. The fourth-order valence-electron chi connectivity index (χ4n) is 2.73. The Balaban J connectivity index is 1.43. The van der Waals surface area contributed by atoms with E-state index in [0.29, 0.717) is 0 Å². The summed E-state index contributed by atoms with van der Waals surface area (Å²) in [6.07, 6.45) is 1.77. The summed E-state index contributed by atoms with van der Waals surface area (Å²) in [7, 11) is 0. The van der Waals surface area contributed by atoms with Crippen LogP contribution in [0.1, 0.15) is 18.4 Å². The van der Waals surface area contributed by atoms with E-state index in [1.165, 1.54) is 5.56 Å². The monoisotopic (exact) mass is 322 g/mol. The molecule has 2 N–H and O–H groups in total. The van der Waals surface area contributed by atoms with Crippen molar-refractivity contribution in [2.45, 2.75) is 19.4 Å². The fraction of sp³-hybridized carbons (Fsp3) is 0.263. The standard InChI is InChI=1S/C19H22N4O/c24-19(20-17-9-5-2-6-10-17)22-21-18-11-13-23(14-12-18)15-16-7-3-1-4-8-16/h1-10H,11-15H2,(H2,20,22,24). The first kappa shape index (κ1) is 16.2. The van der Waals surface area contributed by atoms with Crippen LogP contribution >= 0.6 is 0 Å². The number of nitrogens with zero attached hydrogens (tertiary/aromatic N) is 2. The van der Waals surface area contributed by atoms with Crippen molar-refractivity contribution < 1.29 is 4.79 Å². The number of nitrogens with one attached hydrogen (secondary N) is 2. The van der Waals surface area contributed by atoms with E-state index < -0.39 is 0 Å². The third-order valence-electron chi connectivity index (χ3n) is 4.03. The Bertz CT molecular complexity index is 675. The molecule has 124 valence electrons. The topological polar surface area (TPSA) is 56.7 Å². The molecule has 2 aromatic rings. The van der Waals surface area contributed by atoms with Gasteiger partial charge in [-0.25, -0.2) is 10.2 Å². The van der Waals surface area contributed by atoms with E-state index in [0.717, 1.165) is 43.9 Å². The van der Waals surface area contributed by atoms with Gasteiger partial charge < -0.3 is 5.32 Å². The molecule has 24 heavy (non-hydrogen) atoms. The molecule has 0 saturated carbocycles. The molecule has 0 spiro atoms. The van der Waals surface area contributed by atoms with Gasteiger partial charge in [-0.1, -0.05) is 48.5 Å². The Morgan fingerprint density at radius 2 is 1.58 bits per heavy atom. The van der Waals surface area contributed by atoms with Gasteiger partial charge in [0.2, 0.25) is 0 Å². The summed E-state index contributed by atoms with van der Waals surface area (Å²) < 4.78 is 0. The normalized spacial score (nSPS) is 14.9. The first-order chi connectivity index (χ1) is 11.8. The fourth-order valence-corrected chi connectivity index (χ4v) is 2.73. The van der Waals surface area contributed by atoms with Gasteiger partial charge >= 0.3 is 6.03 Å². The van der Waals surface area contributed by atoms with E-state index in [1.54, 1.807) is 0 Å². The molecule has 0 aliphatic carbocycles. The molecule has 0 aromatic heterocycles. The lowest BCUT2D eigenvalue weighted by molar-refractivity contribution is 0.251. The van der Waals surface area contributed by atoms with Gasteiger partial charge in [-0.05, 0) is 17.7 Å². The third kappa shape index (κ3) is 4.93. The van der Waals surface area contributed by atoms with E-state index in [9.17, 15) is 4.79 Å². The molecule has 0 unspecified atom stereocenters. The number of anilines is 1. The van der Waals surface area contributed by atoms with Gasteiger partial charge in [-0.2, -0.15) is 5.10 Å². The number of benzene rings is 2. The van der Waals surface area contributed by atoms with E-state index in [-0.39, 0.29) is 6.03 Å². The van der Waals surface area contributed by atoms with Gasteiger partial charge in [0.1, 0.15) is 0 Å². The van der Waals surface area contributed by atoms with Crippen molar-refractivity contribution in [2.75, 3.05) is 18.4 Å². The van der Waals surface area contributed by atoms with E-state index in [2.05, 4.69) is 45.0 Å². The second-order valence-electron chi connectivity index (χ2n) is 5.87. The average Bonchev–Trinajstić information content (AvgIpc) is 2.63. The number of rotatable bonds is 4. The van der Waals surface area contributed by atoms with Crippen LogP contribution in [0.3, 0.4) is 0 Å². The molecule has 1 aliphatic heterocycles. The van der Waals surface area contributed by atoms with Crippen LogP contribution in [0.25, 0.3) is 0 Å². The third-order valence-corrected chi connectivity index (χ3v) is 4.03. The molecule has 1 aliphatic rings. The van der Waals surface area contributed by atoms with Crippen molar-refractivity contribution in [1.29, 1.82) is 0 Å². The largest absolute Gasteiger partial charge is 0.339 e. The average molecular weight is 322 g/mol. The Morgan fingerprint density at radius 3 is 2.25 bits per heavy atom. The van der Waals surface area contributed by atoms with Crippen molar-refractivity contribution in [2.24, 2.45) is 5.10 Å². The van der Waals surface area contributed by atoms with Gasteiger partial charge in [0.15, 0.2) is 0 Å². The highest BCUT2D eigenvalue weighted by Crippen LogP contribution is 2.11. The molecule has 2 amide bonds. The lowest BCUT2D eigenvalue weighted by atomic mass is 10.1. The SMILES string of the molecule is O=C(NN=C1CCN(Cc2ccccc2)CC1)Nc1ccccc1. The Morgan fingerprint density at radius 1 is 0.958 bits per heavy atom. The maximum absolute atomic E-state index is 11.8. The second-order valence-corrected chi connectivity index (χ2v) is 5.87. The number of piperidine rings is 1. The maximum atomic E-state index is 11.8. The zero-order valence-corrected chi connectivity index (χ0v) is 13.6. The first-order valence-corrected chi connectivity index (χ1v) is 8.23. The summed E-state index contributed by atoms with van der Waals surface area (Å²) in [6, 6.07) is 19.5.